The fraction of sp³-hybridized carbons (Fsp3) is 0.364. The molecule has 88 valence electrons. The molecule has 0 spiro atoms. The summed E-state index contributed by atoms with van der Waals surface area (Å²) in [5.41, 5.74) is 0. The summed E-state index contributed by atoms with van der Waals surface area (Å²) in [4.78, 5) is 11.8. The Bertz CT molecular complexity index is 357. The maximum Gasteiger partial charge on any atom is 0.308 e. The molecule has 0 amide bonds. The zero-order chi connectivity index (χ0) is 12.0. The number of esters is 1. The lowest BCUT2D eigenvalue weighted by Gasteiger charge is -2.08. The quantitative estimate of drug-likeness (QED) is 0.652. The van der Waals surface area contributed by atoms with Gasteiger partial charge in [0, 0.05) is 15.7 Å². The van der Waals surface area contributed by atoms with E-state index >= 15 is 0 Å². The highest BCUT2D eigenvalue weighted by atomic mass is 35.5. The molecule has 1 aromatic rings. The first-order valence-electron chi connectivity index (χ1n) is 4.75. The Kier molecular flexibility index (Phi) is 5.66. The summed E-state index contributed by atoms with van der Waals surface area (Å²) >= 11 is 7.27. The van der Waals surface area contributed by atoms with Gasteiger partial charge >= 0.3 is 5.97 Å². The van der Waals surface area contributed by atoms with Gasteiger partial charge in [-0.2, -0.15) is 0 Å². The van der Waals surface area contributed by atoms with Gasteiger partial charge in [0.15, 0.2) is 0 Å². The third kappa shape index (κ3) is 4.88. The van der Waals surface area contributed by atoms with Crippen LogP contribution in [0.3, 0.4) is 0 Å². The molecule has 0 aromatic heterocycles. The predicted octanol–water partition coefficient (Wildman–Crippen LogP) is 2.36. The van der Waals surface area contributed by atoms with Crippen molar-refractivity contribution in [3.63, 3.8) is 0 Å². The Morgan fingerprint density at radius 3 is 3.00 bits per heavy atom. The molecule has 1 aromatic carbocycles. The average molecular weight is 261 g/mol. The second-order valence-electron chi connectivity index (χ2n) is 3.20. The third-order valence-corrected chi connectivity index (χ3v) is 3.24. The van der Waals surface area contributed by atoms with Gasteiger partial charge in [-0.3, -0.25) is 4.79 Å². The molecule has 5 heteroatoms. The van der Waals surface area contributed by atoms with Crippen LogP contribution >= 0.6 is 23.4 Å². The molecular weight excluding hydrogens is 248 g/mol. The van der Waals surface area contributed by atoms with Crippen molar-refractivity contribution in [1.82, 2.24) is 0 Å². The molecule has 0 aliphatic carbocycles. The summed E-state index contributed by atoms with van der Waals surface area (Å²) in [5, 5.41) is 10.2. The lowest BCUT2D eigenvalue weighted by atomic mass is 10.3. The van der Waals surface area contributed by atoms with Crippen LogP contribution in [0.15, 0.2) is 29.2 Å². The number of thioether (sulfide) groups is 1. The number of aliphatic hydroxyl groups excluding tert-OH is 1. The van der Waals surface area contributed by atoms with Crippen molar-refractivity contribution in [2.24, 2.45) is 0 Å². The van der Waals surface area contributed by atoms with E-state index < -0.39 is 12.1 Å². The van der Waals surface area contributed by atoms with Crippen LogP contribution in [-0.4, -0.2) is 30.0 Å². The molecule has 1 rings (SSSR count). The van der Waals surface area contributed by atoms with Crippen LogP contribution in [-0.2, 0) is 9.53 Å². The van der Waals surface area contributed by atoms with Crippen LogP contribution in [0.4, 0.5) is 0 Å². The second kappa shape index (κ2) is 6.78. The van der Waals surface area contributed by atoms with E-state index in [0.717, 1.165) is 4.90 Å². The van der Waals surface area contributed by atoms with Crippen molar-refractivity contribution < 1.29 is 14.6 Å². The van der Waals surface area contributed by atoms with Crippen molar-refractivity contribution >= 4 is 29.3 Å². The number of rotatable bonds is 5. The van der Waals surface area contributed by atoms with Crippen LogP contribution in [0.25, 0.3) is 0 Å². The van der Waals surface area contributed by atoms with E-state index in [1.165, 1.54) is 18.9 Å². The first kappa shape index (κ1) is 13.4. The normalized spacial score (nSPS) is 12.2. The maximum absolute atomic E-state index is 10.9. The van der Waals surface area contributed by atoms with Crippen molar-refractivity contribution in [2.45, 2.75) is 17.4 Å². The smallest absolute Gasteiger partial charge is 0.308 e. The summed E-state index contributed by atoms with van der Waals surface area (Å²) < 4.78 is 4.46. The van der Waals surface area contributed by atoms with Gasteiger partial charge in [-0.1, -0.05) is 17.7 Å². The molecule has 16 heavy (non-hydrogen) atoms. The minimum Gasteiger partial charge on any atom is -0.469 e. The number of carbonyl (C=O) groups is 1. The van der Waals surface area contributed by atoms with Crippen LogP contribution in [0.2, 0.25) is 5.02 Å². The summed E-state index contributed by atoms with van der Waals surface area (Å²) in [5.74, 6) is 0.0364. The van der Waals surface area contributed by atoms with Gasteiger partial charge in [0.2, 0.25) is 0 Å². The highest BCUT2D eigenvalue weighted by Crippen LogP contribution is 2.22. The van der Waals surface area contributed by atoms with Gasteiger partial charge in [-0.15, -0.1) is 11.8 Å². The number of hydrogen-bond acceptors (Lipinski definition) is 4. The van der Waals surface area contributed by atoms with Crippen LogP contribution in [0.5, 0.6) is 0 Å². The largest absolute Gasteiger partial charge is 0.469 e. The SMILES string of the molecule is COC(=O)C[C@@H](O)CSc1cccc(Cl)c1. The lowest BCUT2D eigenvalue weighted by Crippen LogP contribution is -2.16. The zero-order valence-corrected chi connectivity index (χ0v) is 10.4. The summed E-state index contributed by atoms with van der Waals surface area (Å²) in [6, 6.07) is 7.35. The second-order valence-corrected chi connectivity index (χ2v) is 4.73. The molecule has 0 fully saturated rings. The summed E-state index contributed by atoms with van der Waals surface area (Å²) in [7, 11) is 1.30. The van der Waals surface area contributed by atoms with E-state index in [1.54, 1.807) is 6.07 Å². The number of carbonyl (C=O) groups excluding carboxylic acids is 1. The van der Waals surface area contributed by atoms with Gasteiger partial charge in [-0.05, 0) is 18.2 Å². The van der Waals surface area contributed by atoms with E-state index in [-0.39, 0.29) is 6.42 Å². The first-order chi connectivity index (χ1) is 7.61. The van der Waals surface area contributed by atoms with E-state index in [9.17, 15) is 9.90 Å². The van der Waals surface area contributed by atoms with Gasteiger partial charge in [0.1, 0.15) is 0 Å². The van der Waals surface area contributed by atoms with Gasteiger partial charge in [-0.25, -0.2) is 0 Å². The van der Waals surface area contributed by atoms with Gasteiger partial charge in [0.05, 0.1) is 19.6 Å². The van der Waals surface area contributed by atoms with Crippen molar-refractivity contribution in [3.8, 4) is 0 Å². The average Bonchev–Trinajstić information content (AvgIpc) is 2.26. The van der Waals surface area contributed by atoms with Crippen LogP contribution < -0.4 is 0 Å². The number of benzene rings is 1. The fourth-order valence-corrected chi connectivity index (χ4v) is 2.23. The number of ether oxygens (including phenoxy) is 1. The number of aliphatic hydroxyl groups is 1. The Hall–Kier alpha value is -0.710. The minimum absolute atomic E-state index is 0.0179. The molecule has 1 N–H and O–H groups in total. The number of methoxy groups -OCH3 is 1. The monoisotopic (exact) mass is 260 g/mol. The maximum atomic E-state index is 10.9. The van der Waals surface area contributed by atoms with E-state index in [0.29, 0.717) is 10.8 Å². The zero-order valence-electron chi connectivity index (χ0n) is 8.85. The molecule has 3 nitrogen and oxygen atoms in total. The molecule has 0 aliphatic heterocycles. The van der Waals surface area contributed by atoms with E-state index in [4.69, 9.17) is 11.6 Å². The van der Waals surface area contributed by atoms with Crippen LogP contribution in [0, 0.1) is 0 Å². The van der Waals surface area contributed by atoms with E-state index in [1.807, 2.05) is 18.2 Å². The molecular formula is C11H13ClO3S. The molecule has 0 radical (unpaired) electrons. The Labute approximate surface area is 104 Å². The Morgan fingerprint density at radius 1 is 1.62 bits per heavy atom. The predicted molar refractivity (Wildman–Crippen MR) is 64.8 cm³/mol. The Balaban J connectivity index is 2.37. The lowest BCUT2D eigenvalue weighted by molar-refractivity contribution is -0.142. The first-order valence-corrected chi connectivity index (χ1v) is 6.11. The molecule has 0 aliphatic rings. The number of halogens is 1. The van der Waals surface area contributed by atoms with Gasteiger partial charge < -0.3 is 9.84 Å². The Morgan fingerprint density at radius 2 is 2.38 bits per heavy atom. The third-order valence-electron chi connectivity index (χ3n) is 1.87. The van der Waals surface area contributed by atoms with Crippen LogP contribution in [0.1, 0.15) is 6.42 Å². The molecule has 1 atom stereocenters. The minimum atomic E-state index is -0.698. The van der Waals surface area contributed by atoms with E-state index in [2.05, 4.69) is 4.74 Å². The highest BCUT2D eigenvalue weighted by Gasteiger charge is 2.11. The molecule has 0 saturated heterocycles. The fourth-order valence-electron chi connectivity index (χ4n) is 1.08. The molecule has 0 unspecified atom stereocenters. The van der Waals surface area contributed by atoms with Crippen molar-refractivity contribution in [2.75, 3.05) is 12.9 Å². The highest BCUT2D eigenvalue weighted by molar-refractivity contribution is 7.99. The van der Waals surface area contributed by atoms with Crippen molar-refractivity contribution in [3.05, 3.63) is 29.3 Å². The van der Waals surface area contributed by atoms with Crippen molar-refractivity contribution in [1.29, 1.82) is 0 Å². The molecule has 0 heterocycles. The standard InChI is InChI=1S/C11H13ClO3S/c1-15-11(14)6-9(13)7-16-10-4-2-3-8(12)5-10/h2-5,9,13H,6-7H2,1H3/t9-/m1/s1. The summed E-state index contributed by atoms with van der Waals surface area (Å²) in [6.07, 6.45) is -0.680. The molecule has 0 saturated carbocycles. The summed E-state index contributed by atoms with van der Waals surface area (Å²) in [6.45, 7) is 0. The number of hydrogen-bond donors (Lipinski definition) is 1. The topological polar surface area (TPSA) is 46.5 Å². The molecule has 0 bridgehead atoms. The van der Waals surface area contributed by atoms with Gasteiger partial charge in [0.25, 0.3) is 0 Å².